The number of halogens is 2. The first-order valence-electron chi connectivity index (χ1n) is 11.0. The van der Waals surface area contributed by atoms with Crippen LogP contribution in [-0.2, 0) is 21.7 Å². The van der Waals surface area contributed by atoms with Gasteiger partial charge in [0.2, 0.25) is 5.91 Å². The number of carbonyl (C=O) groups excluding carboxylic acids is 1. The Morgan fingerprint density at radius 1 is 1.28 bits per heavy atom. The number of sulfone groups is 1. The number of amides is 1. The lowest BCUT2D eigenvalue weighted by atomic mass is 10.2. The first kappa shape index (κ1) is 25.2. The summed E-state index contributed by atoms with van der Waals surface area (Å²) in [6.07, 6.45) is 6.14. The van der Waals surface area contributed by atoms with Crippen molar-refractivity contribution in [3.8, 4) is 0 Å². The summed E-state index contributed by atoms with van der Waals surface area (Å²) in [6.45, 7) is 5.52. The van der Waals surface area contributed by atoms with E-state index in [1.54, 1.807) is 23.2 Å². The van der Waals surface area contributed by atoms with Gasteiger partial charge >= 0.3 is 0 Å². The van der Waals surface area contributed by atoms with Gasteiger partial charge in [0.1, 0.15) is 11.3 Å². The van der Waals surface area contributed by atoms with E-state index in [9.17, 15) is 22.0 Å². The number of rotatable bonds is 9. The van der Waals surface area contributed by atoms with Gasteiger partial charge in [0.25, 0.3) is 6.43 Å². The van der Waals surface area contributed by atoms with Crippen molar-refractivity contribution in [2.45, 2.75) is 26.2 Å². The molecule has 0 radical (unpaired) electrons. The number of H-pyrrole nitrogens is 1. The van der Waals surface area contributed by atoms with E-state index in [-0.39, 0.29) is 45.1 Å². The van der Waals surface area contributed by atoms with Crippen molar-refractivity contribution < 1.29 is 22.0 Å². The highest BCUT2D eigenvalue weighted by atomic mass is 32.2. The molecule has 1 amide bonds. The highest BCUT2D eigenvalue weighted by Crippen LogP contribution is 2.32. The Morgan fingerprint density at radius 3 is 2.58 bits per heavy atom. The zero-order valence-electron chi connectivity index (χ0n) is 19.8. The van der Waals surface area contributed by atoms with Crippen LogP contribution in [-0.4, -0.2) is 45.1 Å². The highest BCUT2D eigenvalue weighted by molar-refractivity contribution is 7.94. The van der Waals surface area contributed by atoms with Gasteiger partial charge in [-0.05, 0) is 31.4 Å². The van der Waals surface area contributed by atoms with Crippen LogP contribution in [0.5, 0.6) is 0 Å². The van der Waals surface area contributed by atoms with Gasteiger partial charge in [-0.15, -0.1) is 0 Å². The maximum atomic E-state index is 13.4. The molecule has 13 heteroatoms. The van der Waals surface area contributed by atoms with Crippen molar-refractivity contribution in [3.63, 3.8) is 0 Å². The van der Waals surface area contributed by atoms with E-state index in [2.05, 4.69) is 37.1 Å². The lowest BCUT2D eigenvalue weighted by Crippen LogP contribution is -2.15. The third-order valence-electron chi connectivity index (χ3n) is 5.62. The number of allylic oxidation sites excluding steroid dienone is 3. The standard InChI is InChI=1S/C23H25F2N7O3S/c1-12(17-10-26-11-32(17)3)5-8-15(13(2)36(4,34)35)27-16-9-18(29-23(33)14-6-7-14)28-21-19(16)30-22(31-21)20(24)25/h5,8-11,14,20H,2,6-7H2,1,3-4H3,(H3,27,28,29,30,31,33)/b12-5+,15-8+. The average molecular weight is 518 g/mol. The molecule has 1 aliphatic rings. The first-order chi connectivity index (χ1) is 16.9. The second-order valence-electron chi connectivity index (χ2n) is 8.58. The number of hydrogen-bond donors (Lipinski definition) is 3. The number of hydrogen-bond acceptors (Lipinski definition) is 7. The fourth-order valence-corrected chi connectivity index (χ4v) is 3.94. The van der Waals surface area contributed by atoms with Crippen LogP contribution in [0.3, 0.4) is 0 Å². The molecule has 0 unspecified atom stereocenters. The maximum Gasteiger partial charge on any atom is 0.295 e. The summed E-state index contributed by atoms with van der Waals surface area (Å²) in [5.74, 6) is -0.840. The predicted octanol–water partition coefficient (Wildman–Crippen LogP) is 3.94. The number of anilines is 2. The molecule has 3 heterocycles. The fraction of sp³-hybridized carbons (Fsp3) is 0.304. The van der Waals surface area contributed by atoms with Gasteiger partial charge in [0.15, 0.2) is 21.3 Å². The molecule has 190 valence electrons. The van der Waals surface area contributed by atoms with Gasteiger partial charge in [-0.1, -0.05) is 12.7 Å². The number of aromatic amines is 1. The molecule has 0 aliphatic heterocycles. The monoisotopic (exact) mass is 517 g/mol. The van der Waals surface area contributed by atoms with Crippen molar-refractivity contribution >= 4 is 44.0 Å². The summed E-state index contributed by atoms with van der Waals surface area (Å²) in [5, 5.41) is 5.63. The van der Waals surface area contributed by atoms with Crippen LogP contribution in [0.4, 0.5) is 20.3 Å². The van der Waals surface area contributed by atoms with Crippen LogP contribution in [0.2, 0.25) is 0 Å². The smallest absolute Gasteiger partial charge is 0.295 e. The van der Waals surface area contributed by atoms with Gasteiger partial charge in [0.05, 0.1) is 34.5 Å². The Morgan fingerprint density at radius 2 is 2.00 bits per heavy atom. The normalized spacial score (nSPS) is 14.9. The maximum absolute atomic E-state index is 13.4. The zero-order chi connectivity index (χ0) is 26.2. The van der Waals surface area contributed by atoms with Gasteiger partial charge in [-0.25, -0.2) is 32.2 Å². The number of aryl methyl sites for hydroxylation is 1. The summed E-state index contributed by atoms with van der Waals surface area (Å²) in [4.78, 5) is 26.7. The van der Waals surface area contributed by atoms with Gasteiger partial charge in [-0.3, -0.25) is 4.79 Å². The molecule has 36 heavy (non-hydrogen) atoms. The second kappa shape index (κ2) is 9.64. The Kier molecular flexibility index (Phi) is 6.76. The fourth-order valence-electron chi connectivity index (χ4n) is 3.42. The van der Waals surface area contributed by atoms with Crippen molar-refractivity contribution in [3.05, 3.63) is 59.4 Å². The minimum absolute atomic E-state index is 0.00678. The topological polar surface area (TPSA) is 135 Å². The molecule has 0 bridgehead atoms. The number of carbonyl (C=O) groups is 1. The average Bonchev–Trinajstić information content (AvgIpc) is 3.42. The number of pyridine rings is 1. The first-order valence-corrected chi connectivity index (χ1v) is 12.8. The number of aromatic nitrogens is 5. The largest absolute Gasteiger partial charge is 0.352 e. The van der Waals surface area contributed by atoms with E-state index in [1.807, 2.05) is 14.0 Å². The summed E-state index contributed by atoms with van der Waals surface area (Å²) < 4.78 is 53.2. The highest BCUT2D eigenvalue weighted by Gasteiger charge is 2.30. The van der Waals surface area contributed by atoms with Crippen LogP contribution >= 0.6 is 0 Å². The van der Waals surface area contributed by atoms with E-state index in [1.165, 1.54) is 12.1 Å². The van der Waals surface area contributed by atoms with Gasteiger partial charge < -0.3 is 20.2 Å². The molecule has 0 saturated heterocycles. The molecule has 3 aromatic rings. The lowest BCUT2D eigenvalue weighted by molar-refractivity contribution is -0.117. The predicted molar refractivity (Wildman–Crippen MR) is 133 cm³/mol. The second-order valence-corrected chi connectivity index (χ2v) is 10.6. The lowest BCUT2D eigenvalue weighted by Gasteiger charge is -2.14. The van der Waals surface area contributed by atoms with E-state index in [4.69, 9.17) is 0 Å². The molecule has 0 aromatic carbocycles. The summed E-state index contributed by atoms with van der Waals surface area (Å²) in [7, 11) is -1.91. The molecule has 3 aromatic heterocycles. The molecular weight excluding hydrogens is 492 g/mol. The molecule has 4 rings (SSSR count). The van der Waals surface area contributed by atoms with Crippen molar-refractivity contribution in [1.82, 2.24) is 24.5 Å². The zero-order valence-corrected chi connectivity index (χ0v) is 20.7. The Bertz CT molecular complexity index is 1520. The summed E-state index contributed by atoms with van der Waals surface area (Å²) in [6, 6.07) is 1.42. The molecule has 1 saturated carbocycles. The SMILES string of the molecule is C=C(/C(=C\C=C(/C)c1cncn1C)Nc1cc(NC(=O)C2CC2)nc2[nH]c(C(F)F)nc12)S(C)(=O)=O. The van der Waals surface area contributed by atoms with E-state index < -0.39 is 22.1 Å². The summed E-state index contributed by atoms with van der Waals surface area (Å²) in [5.41, 5.74) is 1.90. The minimum Gasteiger partial charge on any atom is -0.352 e. The van der Waals surface area contributed by atoms with E-state index in [0.717, 1.165) is 30.4 Å². The Balaban J connectivity index is 1.79. The third-order valence-corrected chi connectivity index (χ3v) is 6.73. The van der Waals surface area contributed by atoms with Crippen LogP contribution in [0.25, 0.3) is 16.7 Å². The van der Waals surface area contributed by atoms with Crippen molar-refractivity contribution in [2.75, 3.05) is 16.9 Å². The number of alkyl halides is 2. The van der Waals surface area contributed by atoms with Crippen molar-refractivity contribution in [2.24, 2.45) is 13.0 Å². The molecular formula is C23H25F2N7O3S. The Labute approximate surface area is 206 Å². The molecule has 3 N–H and O–H groups in total. The number of imidazole rings is 2. The molecule has 1 fully saturated rings. The van der Waals surface area contributed by atoms with Crippen LogP contribution in [0, 0.1) is 5.92 Å². The van der Waals surface area contributed by atoms with E-state index in [0.29, 0.717) is 0 Å². The number of nitrogens with zero attached hydrogens (tertiary/aromatic N) is 4. The van der Waals surface area contributed by atoms with Gasteiger partial charge in [-0.2, -0.15) is 0 Å². The molecule has 0 spiro atoms. The Hall–Kier alpha value is -3.87. The van der Waals surface area contributed by atoms with Crippen LogP contribution < -0.4 is 10.6 Å². The summed E-state index contributed by atoms with van der Waals surface area (Å²) >= 11 is 0. The van der Waals surface area contributed by atoms with Crippen LogP contribution in [0.1, 0.15) is 37.7 Å². The van der Waals surface area contributed by atoms with Crippen LogP contribution in [0.15, 0.2) is 47.9 Å². The third kappa shape index (κ3) is 5.51. The van der Waals surface area contributed by atoms with Crippen molar-refractivity contribution in [1.29, 1.82) is 0 Å². The molecule has 10 nitrogen and oxygen atoms in total. The molecule has 0 atom stereocenters. The van der Waals surface area contributed by atoms with E-state index >= 15 is 0 Å². The minimum atomic E-state index is -3.73. The number of nitrogens with one attached hydrogen (secondary N) is 3. The quantitative estimate of drug-likeness (QED) is 0.366. The van der Waals surface area contributed by atoms with Gasteiger partial charge in [0, 0.05) is 25.3 Å². The number of fused-ring (bicyclic) bond motifs is 1. The molecule has 1 aliphatic carbocycles.